The van der Waals surface area contributed by atoms with E-state index in [9.17, 15) is 9.59 Å². The molecule has 0 aliphatic carbocycles. The lowest BCUT2D eigenvalue weighted by Gasteiger charge is -2.05. The van der Waals surface area contributed by atoms with Crippen LogP contribution in [0, 0.1) is 27.7 Å². The molecular weight excluding hydrogens is 396 g/mol. The van der Waals surface area contributed by atoms with E-state index in [4.69, 9.17) is 0 Å². The smallest absolute Gasteiger partial charge is 0.164 e. The molecule has 0 unspecified atom stereocenters. The Kier molecular flexibility index (Phi) is 5.41. The number of hydrogen-bond acceptors (Lipinski definition) is 4. The zero-order valence-corrected chi connectivity index (χ0v) is 18.9. The average Bonchev–Trinajstić information content (AvgIpc) is 3.19. The molecule has 0 atom stereocenters. The lowest BCUT2D eigenvalue weighted by Crippen LogP contribution is -2.05. The zero-order chi connectivity index (χ0) is 20.7. The fourth-order valence-electron chi connectivity index (χ4n) is 4.21. The highest BCUT2D eigenvalue weighted by Gasteiger charge is 2.20. The monoisotopic (exact) mass is 420 g/mol. The van der Waals surface area contributed by atoms with Crippen molar-refractivity contribution >= 4 is 54.4 Å². The van der Waals surface area contributed by atoms with Crippen molar-refractivity contribution < 1.29 is 9.59 Å². The first-order valence-electron chi connectivity index (χ1n) is 9.92. The topological polar surface area (TPSA) is 34.1 Å². The van der Waals surface area contributed by atoms with E-state index in [1.165, 1.54) is 0 Å². The Balaban J connectivity index is 1.52. The molecule has 0 aliphatic heterocycles. The molecule has 148 valence electrons. The van der Waals surface area contributed by atoms with Crippen LogP contribution in [-0.2, 0) is 0 Å². The number of fused-ring (bicyclic) bond motifs is 2. The summed E-state index contributed by atoms with van der Waals surface area (Å²) >= 11 is 3.36. The molecule has 0 saturated heterocycles. The van der Waals surface area contributed by atoms with Crippen molar-refractivity contribution in [3.63, 3.8) is 0 Å². The van der Waals surface area contributed by atoms with Gasteiger partial charge in [0.1, 0.15) is 0 Å². The molecule has 0 N–H and O–H groups in total. The van der Waals surface area contributed by atoms with Crippen LogP contribution in [0.15, 0.2) is 36.4 Å². The van der Waals surface area contributed by atoms with Crippen LogP contribution < -0.4 is 0 Å². The van der Waals surface area contributed by atoms with Gasteiger partial charge >= 0.3 is 0 Å². The van der Waals surface area contributed by atoms with E-state index >= 15 is 0 Å². The summed E-state index contributed by atoms with van der Waals surface area (Å²) in [7, 11) is 0. The molecule has 0 saturated carbocycles. The summed E-state index contributed by atoms with van der Waals surface area (Å²) in [5, 5.41) is 2.17. The van der Waals surface area contributed by atoms with Gasteiger partial charge in [-0.25, -0.2) is 0 Å². The molecule has 29 heavy (non-hydrogen) atoms. The number of carbonyl (C=O) groups is 2. The molecule has 0 radical (unpaired) electrons. The molecule has 2 nitrogen and oxygen atoms in total. The molecule has 2 heterocycles. The molecule has 0 bridgehead atoms. The largest absolute Gasteiger partial charge is 0.294 e. The van der Waals surface area contributed by atoms with Crippen LogP contribution in [0.25, 0.3) is 20.2 Å². The maximum absolute atomic E-state index is 13.0. The van der Waals surface area contributed by atoms with E-state index in [0.29, 0.717) is 19.3 Å². The van der Waals surface area contributed by atoms with Gasteiger partial charge < -0.3 is 0 Å². The Bertz CT molecular complexity index is 1160. The predicted octanol–water partition coefficient (Wildman–Crippen LogP) is 7.59. The van der Waals surface area contributed by atoms with Gasteiger partial charge in [-0.3, -0.25) is 9.59 Å². The number of ketones is 2. The highest BCUT2D eigenvalue weighted by molar-refractivity contribution is 7.19. The van der Waals surface area contributed by atoms with Gasteiger partial charge in [0, 0.05) is 53.9 Å². The van der Waals surface area contributed by atoms with Crippen molar-refractivity contribution in [2.75, 3.05) is 0 Å². The Hall–Kier alpha value is -2.30. The van der Waals surface area contributed by atoms with E-state index in [2.05, 4.69) is 38.1 Å². The molecule has 2 aromatic heterocycles. The van der Waals surface area contributed by atoms with Gasteiger partial charge in [-0.15, -0.1) is 22.7 Å². The quantitative estimate of drug-likeness (QED) is 0.301. The third-order valence-electron chi connectivity index (χ3n) is 5.56. The Morgan fingerprint density at radius 1 is 0.690 bits per heavy atom. The Morgan fingerprint density at radius 3 is 1.52 bits per heavy atom. The molecule has 4 rings (SSSR count). The van der Waals surface area contributed by atoms with Crippen LogP contribution in [0.3, 0.4) is 0 Å². The van der Waals surface area contributed by atoms with Crippen LogP contribution in [0.5, 0.6) is 0 Å². The number of aryl methyl sites for hydroxylation is 4. The second-order valence-corrected chi connectivity index (χ2v) is 10.2. The third kappa shape index (κ3) is 3.56. The highest BCUT2D eigenvalue weighted by atomic mass is 32.1. The van der Waals surface area contributed by atoms with Gasteiger partial charge in [-0.2, -0.15) is 0 Å². The number of hydrogen-bond donors (Lipinski definition) is 0. The van der Waals surface area contributed by atoms with Crippen LogP contribution >= 0.6 is 22.7 Å². The number of rotatable bonds is 6. The Labute approximate surface area is 179 Å². The second kappa shape index (κ2) is 7.85. The molecule has 0 amide bonds. The highest BCUT2D eigenvalue weighted by Crippen LogP contribution is 2.35. The minimum atomic E-state index is 0.152. The maximum atomic E-state index is 13.0. The van der Waals surface area contributed by atoms with Crippen molar-refractivity contribution in [2.24, 2.45) is 0 Å². The lowest BCUT2D eigenvalue weighted by molar-refractivity contribution is 0.0959. The first-order valence-corrected chi connectivity index (χ1v) is 11.6. The van der Waals surface area contributed by atoms with Gasteiger partial charge in [0.25, 0.3) is 0 Å². The molecule has 4 aromatic rings. The molecule has 2 aromatic carbocycles. The van der Waals surface area contributed by atoms with Gasteiger partial charge in [0.2, 0.25) is 0 Å². The lowest BCUT2D eigenvalue weighted by atomic mass is 9.96. The van der Waals surface area contributed by atoms with Gasteiger partial charge in [-0.05, 0) is 57.4 Å². The van der Waals surface area contributed by atoms with Crippen LogP contribution in [0.1, 0.15) is 60.9 Å². The average molecular weight is 421 g/mol. The fourth-order valence-corrected chi connectivity index (χ4v) is 6.53. The summed E-state index contributed by atoms with van der Waals surface area (Å²) in [5.41, 5.74) is 3.98. The summed E-state index contributed by atoms with van der Waals surface area (Å²) in [6.07, 6.45) is 1.41. The van der Waals surface area contributed by atoms with Gasteiger partial charge in [0.05, 0.1) is 0 Å². The molecule has 4 heteroatoms. The van der Waals surface area contributed by atoms with Crippen molar-refractivity contribution in [1.29, 1.82) is 0 Å². The van der Waals surface area contributed by atoms with Crippen LogP contribution in [-0.4, -0.2) is 11.6 Å². The first-order chi connectivity index (χ1) is 13.9. The standard InChI is InChI=1S/C25H24O2S2/c1-14-8-5-12-20-22(14)24(16(3)28-20)18(26)10-7-11-19(27)25-17(4)29-21-13-6-9-15(2)23(21)25/h5-6,8-9,12-13H,7,10-11H2,1-4H3. The minimum Gasteiger partial charge on any atom is -0.294 e. The van der Waals surface area contributed by atoms with Gasteiger partial charge in [0.15, 0.2) is 11.6 Å². The molecular formula is C25H24O2S2. The predicted molar refractivity (Wildman–Crippen MR) is 125 cm³/mol. The number of thiophene rings is 2. The normalized spacial score (nSPS) is 11.4. The third-order valence-corrected chi connectivity index (χ3v) is 7.71. The van der Waals surface area contributed by atoms with Crippen molar-refractivity contribution in [1.82, 2.24) is 0 Å². The molecule has 0 aliphatic rings. The number of Topliss-reactive ketones (excluding diaryl/α,β-unsaturated/α-hetero) is 2. The Morgan fingerprint density at radius 2 is 1.10 bits per heavy atom. The van der Waals surface area contributed by atoms with E-state index in [1.807, 2.05) is 26.0 Å². The van der Waals surface area contributed by atoms with E-state index < -0.39 is 0 Å². The zero-order valence-electron chi connectivity index (χ0n) is 17.2. The van der Waals surface area contributed by atoms with E-state index in [1.54, 1.807) is 22.7 Å². The second-order valence-electron chi connectivity index (χ2n) is 7.66. The molecule has 0 spiro atoms. The number of benzene rings is 2. The minimum absolute atomic E-state index is 0.152. The fraction of sp³-hybridized carbons (Fsp3) is 0.280. The summed E-state index contributed by atoms with van der Waals surface area (Å²) < 4.78 is 2.33. The SMILES string of the molecule is Cc1sc2cccc(C)c2c1C(=O)CCCC(=O)c1c(C)sc2cccc(C)c12. The summed E-state index contributed by atoms with van der Waals surface area (Å²) in [6, 6.07) is 12.3. The summed E-state index contributed by atoms with van der Waals surface area (Å²) in [5.74, 6) is 0.304. The van der Waals surface area contributed by atoms with Crippen molar-refractivity contribution in [3.8, 4) is 0 Å². The first kappa shape index (κ1) is 20.0. The van der Waals surface area contributed by atoms with E-state index in [0.717, 1.165) is 52.2 Å². The van der Waals surface area contributed by atoms with Gasteiger partial charge in [-0.1, -0.05) is 24.3 Å². The summed E-state index contributed by atoms with van der Waals surface area (Å²) in [6.45, 7) is 8.15. The van der Waals surface area contributed by atoms with Crippen LogP contribution in [0.4, 0.5) is 0 Å². The number of carbonyl (C=O) groups excluding carboxylic acids is 2. The van der Waals surface area contributed by atoms with E-state index in [-0.39, 0.29) is 11.6 Å². The van der Waals surface area contributed by atoms with Crippen LogP contribution in [0.2, 0.25) is 0 Å². The van der Waals surface area contributed by atoms with Crippen molar-refractivity contribution in [2.45, 2.75) is 47.0 Å². The molecule has 0 fully saturated rings. The van der Waals surface area contributed by atoms with Crippen molar-refractivity contribution in [3.05, 3.63) is 68.4 Å². The maximum Gasteiger partial charge on any atom is 0.164 e. The summed E-state index contributed by atoms with van der Waals surface area (Å²) in [4.78, 5) is 28.1.